The number of carbonyl (C=O) groups excluding carboxylic acids is 2. The number of hydrogen-bond acceptors (Lipinski definition) is 10. The quantitative estimate of drug-likeness (QED) is 0.0184. The van der Waals surface area contributed by atoms with Crippen LogP contribution >= 0.6 is 7.82 Å². The maximum Gasteiger partial charge on any atom is 0.268 e. The summed E-state index contributed by atoms with van der Waals surface area (Å²) < 4.78 is 23.2. The van der Waals surface area contributed by atoms with Gasteiger partial charge in [-0.3, -0.25) is 14.2 Å². The zero-order chi connectivity index (χ0) is 42.5. The number of quaternary nitrogens is 1. The first-order valence-electron chi connectivity index (χ1n) is 22.7. The molecule has 0 radical (unpaired) electrons. The number of nitrogens with one attached hydrogen (secondary N) is 1. The molecular formula is C44H85N2O10P. The van der Waals surface area contributed by atoms with Gasteiger partial charge in [0, 0.05) is 37.5 Å². The summed E-state index contributed by atoms with van der Waals surface area (Å²) in [6.07, 6.45) is 22.5. The number of rotatable bonds is 37. The van der Waals surface area contributed by atoms with E-state index in [0.717, 1.165) is 44.9 Å². The van der Waals surface area contributed by atoms with Gasteiger partial charge in [-0.15, -0.1) is 0 Å². The molecule has 5 N–H and O–H groups in total. The fourth-order valence-corrected chi connectivity index (χ4v) is 8.23. The van der Waals surface area contributed by atoms with Crippen molar-refractivity contribution >= 4 is 19.5 Å². The molecule has 0 aromatic carbocycles. The molecule has 1 amide bonds. The summed E-state index contributed by atoms with van der Waals surface area (Å²) in [6, 6.07) is -0.948. The summed E-state index contributed by atoms with van der Waals surface area (Å²) in [5, 5.41) is 45.2. The molecule has 0 aliphatic heterocycles. The zero-order valence-electron chi connectivity index (χ0n) is 36.6. The number of amides is 1. The van der Waals surface area contributed by atoms with E-state index in [1.165, 1.54) is 64.2 Å². The topological polar surface area (TPSA) is 186 Å². The van der Waals surface area contributed by atoms with Gasteiger partial charge in [-0.2, -0.15) is 0 Å². The summed E-state index contributed by atoms with van der Waals surface area (Å²) in [4.78, 5) is 38.4. The lowest BCUT2D eigenvalue weighted by Crippen LogP contribution is -2.46. The van der Waals surface area contributed by atoms with Crippen molar-refractivity contribution in [2.75, 3.05) is 40.9 Å². The molecule has 0 aromatic rings. The highest BCUT2D eigenvalue weighted by Crippen LogP contribution is 2.39. The van der Waals surface area contributed by atoms with E-state index in [2.05, 4.69) is 19.2 Å². The van der Waals surface area contributed by atoms with Gasteiger partial charge in [0.1, 0.15) is 18.9 Å². The second kappa shape index (κ2) is 31.6. The molecule has 0 heterocycles. The van der Waals surface area contributed by atoms with Crippen LogP contribution in [0.15, 0.2) is 12.2 Å². The SMILES string of the molecule is CCCCCCCCCCCCCCCC[C@@H](O)[C@H](COP(=O)([O-])OCC[N+](C)(C)C)NC(=O)CCCCC(=O)C[C@@H]1[C@@H](/C=C/[C@@H](O)CCCCC)[C@H](O)C[C@@H]1O. The second-order valence-electron chi connectivity index (χ2n) is 17.7. The molecule has 0 bridgehead atoms. The van der Waals surface area contributed by atoms with Crippen LogP contribution in [-0.4, -0.2) is 108 Å². The minimum absolute atomic E-state index is 0.0540. The molecule has 13 heteroatoms. The van der Waals surface area contributed by atoms with Gasteiger partial charge in [0.2, 0.25) is 5.91 Å². The van der Waals surface area contributed by atoms with Crippen LogP contribution < -0.4 is 10.2 Å². The number of phosphoric ester groups is 1. The Labute approximate surface area is 346 Å². The van der Waals surface area contributed by atoms with Crippen molar-refractivity contribution in [2.24, 2.45) is 11.8 Å². The van der Waals surface area contributed by atoms with E-state index >= 15 is 0 Å². The molecule has 1 rings (SSSR count). The normalized spacial score (nSPS) is 21.4. The van der Waals surface area contributed by atoms with Gasteiger partial charge in [0.05, 0.1) is 58.2 Å². The van der Waals surface area contributed by atoms with Crippen molar-refractivity contribution < 1.29 is 53.0 Å². The highest BCUT2D eigenvalue weighted by Gasteiger charge is 2.41. The number of ketones is 1. The van der Waals surface area contributed by atoms with Crippen molar-refractivity contribution in [3.63, 3.8) is 0 Å². The molecule has 0 aromatic heterocycles. The number of unbranched alkanes of at least 4 members (excludes halogenated alkanes) is 16. The monoisotopic (exact) mass is 833 g/mol. The van der Waals surface area contributed by atoms with Crippen molar-refractivity contribution in [3.8, 4) is 0 Å². The number of aliphatic hydroxyl groups is 4. The van der Waals surface area contributed by atoms with E-state index in [0.29, 0.717) is 36.7 Å². The number of hydrogen-bond donors (Lipinski definition) is 5. The van der Waals surface area contributed by atoms with Crippen LogP contribution in [0.5, 0.6) is 0 Å². The van der Waals surface area contributed by atoms with Crippen LogP contribution in [0.25, 0.3) is 0 Å². The van der Waals surface area contributed by atoms with E-state index in [-0.39, 0.29) is 44.0 Å². The summed E-state index contributed by atoms with van der Waals surface area (Å²) in [5.41, 5.74) is 0. The molecule has 1 aliphatic rings. The Morgan fingerprint density at radius 2 is 1.30 bits per heavy atom. The van der Waals surface area contributed by atoms with Gasteiger partial charge in [-0.05, 0) is 25.7 Å². The predicted octanol–water partition coefficient (Wildman–Crippen LogP) is 7.29. The Balaban J connectivity index is 2.56. The Bertz CT molecular complexity index is 1120. The van der Waals surface area contributed by atoms with Gasteiger partial charge in [-0.25, -0.2) is 0 Å². The minimum atomic E-state index is -4.67. The molecular weight excluding hydrogens is 747 g/mol. The van der Waals surface area contributed by atoms with Crippen LogP contribution in [0.4, 0.5) is 0 Å². The second-order valence-corrected chi connectivity index (χ2v) is 19.1. The first-order chi connectivity index (χ1) is 27.1. The van der Waals surface area contributed by atoms with Gasteiger partial charge < -0.3 is 44.2 Å². The van der Waals surface area contributed by atoms with Gasteiger partial charge in [0.15, 0.2) is 0 Å². The molecule has 8 atom stereocenters. The van der Waals surface area contributed by atoms with Crippen molar-refractivity contribution in [3.05, 3.63) is 12.2 Å². The summed E-state index contributed by atoms with van der Waals surface area (Å²) >= 11 is 0. The van der Waals surface area contributed by atoms with Crippen LogP contribution in [0.1, 0.15) is 174 Å². The molecule has 1 unspecified atom stereocenters. The van der Waals surface area contributed by atoms with Crippen molar-refractivity contribution in [1.82, 2.24) is 5.32 Å². The molecule has 1 saturated carbocycles. The standard InChI is InChI=1S/C44H85N2O10P/c1-6-8-10-11-12-13-14-15-16-17-18-19-20-22-27-41(49)40(35-56-57(53,54)55-32-31-46(3,4)5)45-44(52)28-24-23-26-37(48)33-39-38(42(50)34-43(39)51)30-29-36(47)25-21-9-7-2/h29-30,36,38-43,47,49-51H,6-28,31-35H2,1-5H3,(H-,45,52,53,54)/b30-29+/t36-,38+,39+,40-,41+,42+,43-/m0/s1. The van der Waals surface area contributed by atoms with E-state index < -0.39 is 56.7 Å². The first kappa shape index (κ1) is 53.8. The van der Waals surface area contributed by atoms with Crippen molar-refractivity contribution in [1.29, 1.82) is 0 Å². The van der Waals surface area contributed by atoms with Crippen LogP contribution in [0, 0.1) is 11.8 Å². The van der Waals surface area contributed by atoms with Crippen LogP contribution in [0.2, 0.25) is 0 Å². The average molecular weight is 833 g/mol. The summed E-state index contributed by atoms with van der Waals surface area (Å²) in [5.74, 6) is -1.30. The van der Waals surface area contributed by atoms with Crippen LogP contribution in [0.3, 0.4) is 0 Å². The average Bonchev–Trinajstić information content (AvgIpc) is 3.40. The highest BCUT2D eigenvalue weighted by atomic mass is 31.2. The molecule has 1 aliphatic carbocycles. The summed E-state index contributed by atoms with van der Waals surface area (Å²) in [7, 11) is 1.08. The minimum Gasteiger partial charge on any atom is -0.756 e. The molecule has 0 spiro atoms. The molecule has 336 valence electrons. The first-order valence-corrected chi connectivity index (χ1v) is 24.2. The van der Waals surface area contributed by atoms with Gasteiger partial charge >= 0.3 is 0 Å². The van der Waals surface area contributed by atoms with Crippen LogP contribution in [-0.2, 0) is 23.2 Å². The Morgan fingerprint density at radius 1 is 0.772 bits per heavy atom. The third-order valence-corrected chi connectivity index (χ3v) is 12.2. The number of Topliss-reactive ketones (excluding diaryl/α,β-unsaturated/α-hetero) is 1. The highest BCUT2D eigenvalue weighted by molar-refractivity contribution is 7.45. The Kier molecular flexibility index (Phi) is 29.9. The maximum absolute atomic E-state index is 13.0. The van der Waals surface area contributed by atoms with Crippen molar-refractivity contribution in [2.45, 2.75) is 205 Å². The van der Waals surface area contributed by atoms with E-state index in [9.17, 15) is 39.5 Å². The van der Waals surface area contributed by atoms with E-state index in [4.69, 9.17) is 9.05 Å². The number of nitrogens with zero attached hydrogens (tertiary/aromatic N) is 1. The fourth-order valence-electron chi connectivity index (χ4n) is 7.51. The maximum atomic E-state index is 13.0. The smallest absolute Gasteiger partial charge is 0.268 e. The number of aliphatic hydroxyl groups excluding tert-OH is 4. The Hall–Kier alpha value is -1.21. The number of phosphoric acid groups is 1. The lowest BCUT2D eigenvalue weighted by molar-refractivity contribution is -0.870. The molecule has 0 saturated heterocycles. The number of likely N-dealkylation sites (N-methyl/N-ethyl adjacent to an activating group) is 1. The van der Waals surface area contributed by atoms with E-state index in [1.54, 1.807) is 12.2 Å². The largest absolute Gasteiger partial charge is 0.756 e. The van der Waals surface area contributed by atoms with Gasteiger partial charge in [-0.1, -0.05) is 135 Å². The Morgan fingerprint density at radius 3 is 1.88 bits per heavy atom. The fraction of sp³-hybridized carbons (Fsp3) is 0.909. The lowest BCUT2D eigenvalue weighted by Gasteiger charge is -2.30. The van der Waals surface area contributed by atoms with E-state index in [1.807, 2.05) is 21.1 Å². The summed E-state index contributed by atoms with van der Waals surface area (Å²) in [6.45, 7) is 4.28. The molecule has 12 nitrogen and oxygen atoms in total. The zero-order valence-corrected chi connectivity index (χ0v) is 37.5. The predicted molar refractivity (Wildman–Crippen MR) is 226 cm³/mol. The third-order valence-electron chi connectivity index (χ3n) is 11.2. The lowest BCUT2D eigenvalue weighted by atomic mass is 9.87. The number of carbonyl (C=O) groups is 2. The third kappa shape index (κ3) is 28.0. The molecule has 57 heavy (non-hydrogen) atoms. The molecule has 1 fully saturated rings. The van der Waals surface area contributed by atoms with Gasteiger partial charge in [0.25, 0.3) is 7.82 Å².